The van der Waals surface area contributed by atoms with E-state index in [-0.39, 0.29) is 5.91 Å². The molecule has 1 aliphatic carbocycles. The molecule has 0 aromatic heterocycles. The van der Waals surface area contributed by atoms with E-state index in [4.69, 9.17) is 5.11 Å². The van der Waals surface area contributed by atoms with Crippen LogP contribution in [-0.4, -0.2) is 17.0 Å². The Balaban J connectivity index is 2.10. The molecule has 0 heterocycles. The second kappa shape index (κ2) is 5.65. The van der Waals surface area contributed by atoms with Crippen molar-refractivity contribution in [3.8, 4) is 0 Å². The van der Waals surface area contributed by atoms with Gasteiger partial charge >= 0.3 is 5.97 Å². The molecule has 2 atom stereocenters. The molecule has 2 N–H and O–H groups in total. The summed E-state index contributed by atoms with van der Waals surface area (Å²) in [5.74, 6) is -3.16. The molecule has 100 valence electrons. The minimum atomic E-state index is -0.983. The average Bonchev–Trinajstić information content (AvgIpc) is 2.38. The van der Waals surface area contributed by atoms with Gasteiger partial charge in [0.1, 0.15) is 5.82 Å². The van der Waals surface area contributed by atoms with Crippen LogP contribution >= 0.6 is 0 Å². The summed E-state index contributed by atoms with van der Waals surface area (Å²) in [5, 5.41) is 11.7. The molecule has 0 saturated carbocycles. The van der Waals surface area contributed by atoms with Crippen LogP contribution in [0.5, 0.6) is 0 Å². The lowest BCUT2D eigenvalue weighted by Crippen LogP contribution is -2.34. The number of anilines is 1. The van der Waals surface area contributed by atoms with E-state index in [0.717, 1.165) is 0 Å². The van der Waals surface area contributed by atoms with E-state index in [0.29, 0.717) is 18.5 Å². The fraction of sp³-hybridized carbons (Fsp3) is 0.286. The van der Waals surface area contributed by atoms with Crippen molar-refractivity contribution in [2.75, 3.05) is 5.32 Å². The van der Waals surface area contributed by atoms with Crippen molar-refractivity contribution >= 4 is 17.6 Å². The van der Waals surface area contributed by atoms with Gasteiger partial charge < -0.3 is 10.4 Å². The Bertz CT molecular complexity index is 527. The monoisotopic (exact) mass is 263 g/mol. The van der Waals surface area contributed by atoms with Gasteiger partial charge in [-0.05, 0) is 31.0 Å². The van der Waals surface area contributed by atoms with E-state index in [1.54, 1.807) is 18.2 Å². The summed E-state index contributed by atoms with van der Waals surface area (Å²) in [6, 6.07) is 5.53. The number of carboxylic acids is 1. The molecule has 0 saturated heterocycles. The second-order valence-corrected chi connectivity index (χ2v) is 4.49. The first kappa shape index (κ1) is 13.3. The van der Waals surface area contributed by atoms with Gasteiger partial charge in [0, 0.05) is 5.69 Å². The van der Waals surface area contributed by atoms with Crippen molar-refractivity contribution < 1.29 is 19.1 Å². The lowest BCUT2D eigenvalue weighted by atomic mass is 9.82. The lowest BCUT2D eigenvalue weighted by molar-refractivity contribution is -0.146. The van der Waals surface area contributed by atoms with Crippen molar-refractivity contribution in [1.29, 1.82) is 0 Å². The number of hydrogen-bond acceptors (Lipinski definition) is 2. The SMILES string of the molecule is O=C(O)[C@H]1CC=CC[C@H]1C(=O)Nc1cccc(F)c1. The Kier molecular flexibility index (Phi) is 3.94. The van der Waals surface area contributed by atoms with E-state index in [1.807, 2.05) is 0 Å². The largest absolute Gasteiger partial charge is 0.481 e. The first-order valence-electron chi connectivity index (χ1n) is 6.02. The first-order chi connectivity index (χ1) is 9.08. The zero-order valence-corrected chi connectivity index (χ0v) is 10.2. The van der Waals surface area contributed by atoms with Crippen molar-refractivity contribution in [3.63, 3.8) is 0 Å². The lowest BCUT2D eigenvalue weighted by Gasteiger charge is -2.24. The van der Waals surface area contributed by atoms with Gasteiger partial charge in [0.05, 0.1) is 11.8 Å². The molecule has 0 unspecified atom stereocenters. The van der Waals surface area contributed by atoms with Crippen molar-refractivity contribution in [2.45, 2.75) is 12.8 Å². The standard InChI is InChI=1S/C14H14FNO3/c15-9-4-3-5-10(8-9)16-13(17)11-6-1-2-7-12(11)14(18)19/h1-5,8,11-12H,6-7H2,(H,16,17)(H,18,19)/t11-,12+/m1/s1. The van der Waals surface area contributed by atoms with E-state index >= 15 is 0 Å². The van der Waals surface area contributed by atoms with Gasteiger partial charge in [-0.1, -0.05) is 18.2 Å². The number of hydrogen-bond donors (Lipinski definition) is 2. The van der Waals surface area contributed by atoms with Crippen LogP contribution in [-0.2, 0) is 9.59 Å². The van der Waals surface area contributed by atoms with Gasteiger partial charge in [-0.3, -0.25) is 9.59 Å². The average molecular weight is 263 g/mol. The highest BCUT2D eigenvalue weighted by molar-refractivity contribution is 5.95. The molecule has 0 aliphatic heterocycles. The van der Waals surface area contributed by atoms with Gasteiger partial charge in [-0.2, -0.15) is 0 Å². The summed E-state index contributed by atoms with van der Waals surface area (Å²) in [6.45, 7) is 0. The maximum atomic E-state index is 13.0. The topological polar surface area (TPSA) is 66.4 Å². The second-order valence-electron chi connectivity index (χ2n) is 4.49. The Hall–Kier alpha value is -2.17. The zero-order chi connectivity index (χ0) is 13.8. The molecule has 2 rings (SSSR count). The summed E-state index contributed by atoms with van der Waals surface area (Å²) in [5.41, 5.74) is 0.337. The number of carbonyl (C=O) groups excluding carboxylic acids is 1. The van der Waals surface area contributed by atoms with Crippen LogP contribution < -0.4 is 5.32 Å². The predicted molar refractivity (Wildman–Crippen MR) is 68.0 cm³/mol. The molecule has 1 aromatic carbocycles. The van der Waals surface area contributed by atoms with E-state index in [2.05, 4.69) is 5.32 Å². The Labute approximate surface area is 109 Å². The number of carboxylic acid groups (broad SMARTS) is 1. The molecule has 4 nitrogen and oxygen atoms in total. The number of halogens is 1. The number of carbonyl (C=O) groups is 2. The van der Waals surface area contributed by atoms with Gasteiger partial charge in [-0.25, -0.2) is 4.39 Å². The zero-order valence-electron chi connectivity index (χ0n) is 10.2. The minimum Gasteiger partial charge on any atom is -0.481 e. The number of aliphatic carboxylic acids is 1. The summed E-state index contributed by atoms with van der Waals surface area (Å²) in [4.78, 5) is 23.2. The van der Waals surface area contributed by atoms with Crippen molar-refractivity contribution in [1.82, 2.24) is 0 Å². The third-order valence-electron chi connectivity index (χ3n) is 3.18. The molecule has 19 heavy (non-hydrogen) atoms. The fourth-order valence-electron chi connectivity index (χ4n) is 2.18. The fourth-order valence-corrected chi connectivity index (χ4v) is 2.18. The van der Waals surface area contributed by atoms with E-state index in [1.165, 1.54) is 18.2 Å². The quantitative estimate of drug-likeness (QED) is 0.823. The number of amides is 1. The molecular weight excluding hydrogens is 249 g/mol. The first-order valence-corrected chi connectivity index (χ1v) is 6.02. The van der Waals surface area contributed by atoms with E-state index in [9.17, 15) is 14.0 Å². The molecule has 0 fully saturated rings. The molecule has 0 radical (unpaired) electrons. The third kappa shape index (κ3) is 3.19. The number of nitrogens with one attached hydrogen (secondary N) is 1. The third-order valence-corrected chi connectivity index (χ3v) is 3.18. The van der Waals surface area contributed by atoms with E-state index < -0.39 is 23.6 Å². The molecule has 0 spiro atoms. The maximum Gasteiger partial charge on any atom is 0.307 e. The van der Waals surface area contributed by atoms with Crippen LogP contribution in [0.25, 0.3) is 0 Å². The van der Waals surface area contributed by atoms with Gasteiger partial charge in [0.2, 0.25) is 5.91 Å². The highest BCUT2D eigenvalue weighted by Crippen LogP contribution is 2.27. The number of allylic oxidation sites excluding steroid dienone is 2. The Morgan fingerprint density at radius 3 is 2.53 bits per heavy atom. The molecular formula is C14H14FNO3. The normalized spacial score (nSPS) is 21.9. The van der Waals surface area contributed by atoms with Crippen LogP contribution in [0.3, 0.4) is 0 Å². The van der Waals surface area contributed by atoms with Gasteiger partial charge in [0.25, 0.3) is 0 Å². The molecule has 1 aliphatic rings. The van der Waals surface area contributed by atoms with Crippen LogP contribution in [0.1, 0.15) is 12.8 Å². The summed E-state index contributed by atoms with van der Waals surface area (Å²) in [7, 11) is 0. The minimum absolute atomic E-state index is 0.337. The van der Waals surface area contributed by atoms with Crippen LogP contribution in [0.4, 0.5) is 10.1 Å². The highest BCUT2D eigenvalue weighted by atomic mass is 19.1. The molecule has 0 bridgehead atoms. The molecule has 1 aromatic rings. The predicted octanol–water partition coefficient (Wildman–Crippen LogP) is 2.43. The molecule has 1 amide bonds. The smallest absolute Gasteiger partial charge is 0.307 e. The van der Waals surface area contributed by atoms with Crippen LogP contribution in [0.2, 0.25) is 0 Å². The number of rotatable bonds is 3. The van der Waals surface area contributed by atoms with Crippen LogP contribution in [0, 0.1) is 17.7 Å². The maximum absolute atomic E-state index is 13.0. The van der Waals surface area contributed by atoms with Crippen molar-refractivity contribution in [3.05, 3.63) is 42.2 Å². The highest BCUT2D eigenvalue weighted by Gasteiger charge is 2.33. The summed E-state index contributed by atoms with van der Waals surface area (Å²) >= 11 is 0. The van der Waals surface area contributed by atoms with Crippen molar-refractivity contribution in [2.24, 2.45) is 11.8 Å². The van der Waals surface area contributed by atoms with Gasteiger partial charge in [-0.15, -0.1) is 0 Å². The molecule has 5 heteroatoms. The Morgan fingerprint density at radius 1 is 1.21 bits per heavy atom. The van der Waals surface area contributed by atoms with Crippen LogP contribution in [0.15, 0.2) is 36.4 Å². The summed E-state index contributed by atoms with van der Waals surface area (Å²) in [6.07, 6.45) is 4.30. The number of benzene rings is 1. The Morgan fingerprint density at radius 2 is 1.89 bits per heavy atom. The summed E-state index contributed by atoms with van der Waals surface area (Å²) < 4.78 is 13.0. The van der Waals surface area contributed by atoms with Gasteiger partial charge in [0.15, 0.2) is 0 Å².